The van der Waals surface area contributed by atoms with Crippen molar-refractivity contribution >= 4 is 23.4 Å². The number of rotatable bonds is 6. The third-order valence-electron chi connectivity index (χ3n) is 5.59. The van der Waals surface area contributed by atoms with E-state index in [-0.39, 0.29) is 55.6 Å². The van der Waals surface area contributed by atoms with Crippen LogP contribution in [0.5, 0.6) is 5.75 Å². The van der Waals surface area contributed by atoms with Gasteiger partial charge < -0.3 is 34.1 Å². The molecule has 0 fully saturated rings. The van der Waals surface area contributed by atoms with Crippen molar-refractivity contribution in [3.05, 3.63) is 23.8 Å². The summed E-state index contributed by atoms with van der Waals surface area (Å²) in [6.45, 7) is 4.65. The second-order valence-electron chi connectivity index (χ2n) is 8.27. The number of nitrogens with zero attached hydrogens (tertiary/aromatic N) is 2. The van der Waals surface area contributed by atoms with Gasteiger partial charge in [0.15, 0.2) is 0 Å². The normalized spacial score (nSPS) is 22.0. The molecule has 1 heterocycles. The Morgan fingerprint density at radius 2 is 1.82 bits per heavy atom. The molecule has 0 bridgehead atoms. The number of carbonyl (C=O) groups excluding carboxylic acids is 3. The van der Waals surface area contributed by atoms with E-state index in [9.17, 15) is 14.4 Å². The zero-order valence-corrected chi connectivity index (χ0v) is 20.3. The molecule has 1 aromatic carbocycles. The van der Waals surface area contributed by atoms with Gasteiger partial charge in [-0.15, -0.1) is 0 Å². The summed E-state index contributed by atoms with van der Waals surface area (Å²) in [6, 6.07) is 4.57. The maximum atomic E-state index is 13.2. The summed E-state index contributed by atoms with van der Waals surface area (Å²) in [5.41, 5.74) is 0.828. The van der Waals surface area contributed by atoms with Crippen molar-refractivity contribution in [1.29, 1.82) is 0 Å². The largest absolute Gasteiger partial charge is 0.491 e. The third kappa shape index (κ3) is 7.15. The molecule has 1 N–H and O–H groups in total. The first kappa shape index (κ1) is 26.6. The smallest absolute Gasteiger partial charge is 0.257 e. The van der Waals surface area contributed by atoms with Crippen molar-refractivity contribution in [2.45, 2.75) is 26.0 Å². The number of amides is 3. The van der Waals surface area contributed by atoms with Crippen LogP contribution >= 0.6 is 0 Å². The predicted molar refractivity (Wildman–Crippen MR) is 122 cm³/mol. The summed E-state index contributed by atoms with van der Waals surface area (Å²) < 4.78 is 21.6. The first-order chi connectivity index (χ1) is 15.7. The summed E-state index contributed by atoms with van der Waals surface area (Å²) in [6.07, 6.45) is -0.277. The molecule has 0 saturated carbocycles. The van der Waals surface area contributed by atoms with Crippen LogP contribution in [0.2, 0.25) is 0 Å². The summed E-state index contributed by atoms with van der Waals surface area (Å²) in [4.78, 5) is 41.1. The van der Waals surface area contributed by atoms with Crippen LogP contribution in [0.1, 0.15) is 24.2 Å². The Balaban J connectivity index is 2.42. The second kappa shape index (κ2) is 12.5. The van der Waals surface area contributed by atoms with E-state index in [0.29, 0.717) is 30.1 Å². The number of hydrogen-bond acceptors (Lipinski definition) is 7. The van der Waals surface area contributed by atoms with Gasteiger partial charge in [-0.1, -0.05) is 6.92 Å². The van der Waals surface area contributed by atoms with Gasteiger partial charge in [0.1, 0.15) is 25.6 Å². The molecule has 0 aliphatic carbocycles. The fourth-order valence-corrected chi connectivity index (χ4v) is 3.73. The number of ether oxygens (including phenoxy) is 4. The predicted octanol–water partition coefficient (Wildman–Crippen LogP) is 1.25. The lowest BCUT2D eigenvalue weighted by Gasteiger charge is -2.36. The molecule has 0 radical (unpaired) electrons. The molecule has 184 valence electrons. The van der Waals surface area contributed by atoms with E-state index in [2.05, 4.69) is 5.32 Å². The Morgan fingerprint density at radius 1 is 1.12 bits per heavy atom. The Hall–Kier alpha value is -2.69. The number of methoxy groups -OCH3 is 3. The van der Waals surface area contributed by atoms with Crippen LogP contribution < -0.4 is 10.1 Å². The van der Waals surface area contributed by atoms with Gasteiger partial charge in [0.25, 0.3) is 5.91 Å². The third-order valence-corrected chi connectivity index (χ3v) is 5.59. The molecular formula is C23H35N3O7. The Kier molecular flexibility index (Phi) is 10.1. The van der Waals surface area contributed by atoms with E-state index < -0.39 is 0 Å². The highest BCUT2D eigenvalue weighted by atomic mass is 16.5. The van der Waals surface area contributed by atoms with Crippen molar-refractivity contribution in [2.75, 3.05) is 66.6 Å². The lowest BCUT2D eigenvalue weighted by Crippen LogP contribution is -2.49. The zero-order chi connectivity index (χ0) is 24.5. The maximum absolute atomic E-state index is 13.2. The molecule has 0 spiro atoms. The van der Waals surface area contributed by atoms with E-state index in [4.69, 9.17) is 18.9 Å². The number of fused-ring (bicyclic) bond motifs is 1. The van der Waals surface area contributed by atoms with Gasteiger partial charge in [-0.3, -0.25) is 14.4 Å². The molecule has 1 aliphatic rings. The molecule has 0 aromatic heterocycles. The summed E-state index contributed by atoms with van der Waals surface area (Å²) in [5.74, 6) is -0.427. The van der Waals surface area contributed by atoms with Crippen molar-refractivity contribution in [3.63, 3.8) is 0 Å². The Bertz CT molecular complexity index is 832. The molecule has 3 amide bonds. The van der Waals surface area contributed by atoms with Crippen LogP contribution in [0.4, 0.5) is 5.69 Å². The van der Waals surface area contributed by atoms with Crippen LogP contribution in [-0.2, 0) is 23.8 Å². The van der Waals surface area contributed by atoms with Gasteiger partial charge in [-0.05, 0) is 19.1 Å². The van der Waals surface area contributed by atoms with Gasteiger partial charge in [-0.25, -0.2) is 0 Å². The highest BCUT2D eigenvalue weighted by molar-refractivity contribution is 5.98. The minimum absolute atomic E-state index is 0.0363. The average Bonchev–Trinajstić information content (AvgIpc) is 2.78. The molecule has 3 atom stereocenters. The lowest BCUT2D eigenvalue weighted by molar-refractivity contribution is -0.139. The quantitative estimate of drug-likeness (QED) is 0.674. The van der Waals surface area contributed by atoms with Gasteiger partial charge in [0.2, 0.25) is 11.8 Å². The highest BCUT2D eigenvalue weighted by Crippen LogP contribution is 2.27. The van der Waals surface area contributed by atoms with Crippen molar-refractivity contribution < 1.29 is 33.3 Å². The molecule has 33 heavy (non-hydrogen) atoms. The van der Waals surface area contributed by atoms with Crippen molar-refractivity contribution in [2.24, 2.45) is 5.92 Å². The van der Waals surface area contributed by atoms with E-state index >= 15 is 0 Å². The van der Waals surface area contributed by atoms with Crippen LogP contribution in [0.25, 0.3) is 0 Å². The first-order valence-electron chi connectivity index (χ1n) is 10.8. The molecule has 0 unspecified atom stereocenters. The van der Waals surface area contributed by atoms with Crippen molar-refractivity contribution in [3.8, 4) is 5.75 Å². The highest BCUT2D eigenvalue weighted by Gasteiger charge is 2.30. The number of likely N-dealkylation sites (N-methyl/N-ethyl adjacent to an activating group) is 1. The van der Waals surface area contributed by atoms with Crippen LogP contribution in [0.3, 0.4) is 0 Å². The number of hydrogen-bond donors (Lipinski definition) is 1. The fraction of sp³-hybridized carbons (Fsp3) is 0.609. The lowest BCUT2D eigenvalue weighted by atomic mass is 10.0. The number of nitrogens with one attached hydrogen (secondary N) is 1. The standard InChI is InChI=1S/C23H35N3O7/c1-15-10-26(22(28)14-31-5)16(2)12-33-19-9-17(24-21(27)13-30-4)7-8-18(19)23(29)25(3)11-20(15)32-6/h7-9,15-16,20H,10-14H2,1-6H3,(H,24,27)/t15-,16-,20+/m0/s1. The van der Waals surface area contributed by atoms with E-state index in [1.807, 2.05) is 13.8 Å². The topological polar surface area (TPSA) is 107 Å². The van der Waals surface area contributed by atoms with Crippen LogP contribution in [-0.4, -0.2) is 101 Å². The Labute approximate surface area is 195 Å². The van der Waals surface area contributed by atoms with Gasteiger partial charge >= 0.3 is 0 Å². The molecule has 1 aromatic rings. The second-order valence-corrected chi connectivity index (χ2v) is 8.27. The summed E-state index contributed by atoms with van der Waals surface area (Å²) >= 11 is 0. The molecule has 10 nitrogen and oxygen atoms in total. The van der Waals surface area contributed by atoms with Crippen LogP contribution in [0.15, 0.2) is 18.2 Å². The van der Waals surface area contributed by atoms with E-state index in [1.54, 1.807) is 42.2 Å². The molecule has 10 heteroatoms. The SMILES string of the molecule is COCC(=O)Nc1ccc2c(c1)OC[C@H](C)N(C(=O)COC)C[C@H](C)[C@H](OC)CN(C)C2=O. The van der Waals surface area contributed by atoms with Crippen molar-refractivity contribution in [1.82, 2.24) is 9.80 Å². The van der Waals surface area contributed by atoms with Crippen LogP contribution in [0, 0.1) is 5.92 Å². The van der Waals surface area contributed by atoms with E-state index in [0.717, 1.165) is 0 Å². The van der Waals surface area contributed by atoms with Gasteiger partial charge in [0, 0.05) is 59.1 Å². The number of anilines is 1. The minimum atomic E-state index is -0.323. The molecule has 1 aliphatic heterocycles. The summed E-state index contributed by atoms with van der Waals surface area (Å²) in [7, 11) is 6.21. The monoisotopic (exact) mass is 465 g/mol. The fourth-order valence-electron chi connectivity index (χ4n) is 3.73. The molecule has 2 rings (SSSR count). The Morgan fingerprint density at radius 3 is 2.45 bits per heavy atom. The maximum Gasteiger partial charge on any atom is 0.257 e. The van der Waals surface area contributed by atoms with Gasteiger partial charge in [0.05, 0.1) is 17.7 Å². The summed E-state index contributed by atoms with van der Waals surface area (Å²) in [5, 5.41) is 2.71. The zero-order valence-electron chi connectivity index (χ0n) is 20.3. The molecular weight excluding hydrogens is 430 g/mol. The number of benzene rings is 1. The first-order valence-corrected chi connectivity index (χ1v) is 10.8. The minimum Gasteiger partial charge on any atom is -0.491 e. The average molecular weight is 466 g/mol. The van der Waals surface area contributed by atoms with E-state index in [1.165, 1.54) is 14.2 Å². The number of carbonyl (C=O) groups is 3. The van der Waals surface area contributed by atoms with Gasteiger partial charge in [-0.2, -0.15) is 0 Å². The molecule has 0 saturated heterocycles.